The fourth-order valence-electron chi connectivity index (χ4n) is 1.28. The zero-order chi connectivity index (χ0) is 12.3. The lowest BCUT2D eigenvalue weighted by Gasteiger charge is -2.17. The van der Waals surface area contributed by atoms with Crippen molar-refractivity contribution in [2.45, 2.75) is 30.6 Å². The maximum absolute atomic E-state index is 10.6. The summed E-state index contributed by atoms with van der Waals surface area (Å²) in [5, 5.41) is 27.6. The van der Waals surface area contributed by atoms with Crippen LogP contribution in [0.3, 0.4) is 0 Å². The van der Waals surface area contributed by atoms with E-state index in [1.165, 1.54) is 0 Å². The van der Waals surface area contributed by atoms with Crippen molar-refractivity contribution in [2.75, 3.05) is 13.2 Å². The molecule has 5 atom stereocenters. The van der Waals surface area contributed by atoms with Gasteiger partial charge in [-0.3, -0.25) is 4.79 Å². The van der Waals surface area contributed by atoms with E-state index < -0.39 is 43.2 Å². The van der Waals surface area contributed by atoms with Crippen LogP contribution in [0.4, 0.5) is 0 Å². The molecule has 1 rings (SSSR count). The molecule has 0 aromatic rings. The second kappa shape index (κ2) is 5.53. The van der Waals surface area contributed by atoms with Crippen molar-refractivity contribution in [1.29, 1.82) is 0 Å². The number of amides is 1. The van der Waals surface area contributed by atoms with Crippen LogP contribution in [0, 0.1) is 0 Å². The summed E-state index contributed by atoms with van der Waals surface area (Å²) in [6.07, 6.45) is -4.57. The van der Waals surface area contributed by atoms with Crippen molar-refractivity contribution in [2.24, 2.45) is 11.5 Å². The van der Waals surface area contributed by atoms with E-state index in [2.05, 4.69) is 0 Å². The predicted octanol–water partition coefficient (Wildman–Crippen LogP) is -3.75. The van der Waals surface area contributed by atoms with Gasteiger partial charge in [-0.1, -0.05) is 0 Å². The standard InChI is InChI=1S/C8H16N2O6/c9-3(7(10)14)2-15-8-6(13)5(12)4(1-11)16-8/h3-6,8,11-13H,1-2,9H2,(H2,10,14)/t3-,4+,5-,6+,8+/m0/s1. The smallest absolute Gasteiger partial charge is 0.236 e. The minimum atomic E-state index is -1.29. The highest BCUT2D eigenvalue weighted by Gasteiger charge is 2.43. The van der Waals surface area contributed by atoms with Crippen LogP contribution in [0.15, 0.2) is 0 Å². The van der Waals surface area contributed by atoms with Gasteiger partial charge >= 0.3 is 0 Å². The number of rotatable bonds is 5. The van der Waals surface area contributed by atoms with Crippen molar-refractivity contribution < 1.29 is 29.6 Å². The van der Waals surface area contributed by atoms with E-state index in [-0.39, 0.29) is 6.61 Å². The van der Waals surface area contributed by atoms with Crippen LogP contribution >= 0.6 is 0 Å². The molecule has 0 aromatic carbocycles. The molecule has 1 aliphatic rings. The number of nitrogens with two attached hydrogens (primary N) is 2. The van der Waals surface area contributed by atoms with Gasteiger partial charge in [0.2, 0.25) is 5.91 Å². The first-order valence-corrected chi connectivity index (χ1v) is 4.76. The number of ether oxygens (including phenoxy) is 2. The molecule has 1 aliphatic heterocycles. The van der Waals surface area contributed by atoms with E-state index in [0.717, 1.165) is 0 Å². The predicted molar refractivity (Wildman–Crippen MR) is 50.9 cm³/mol. The Bertz CT molecular complexity index is 251. The Hall–Kier alpha value is -0.770. The largest absolute Gasteiger partial charge is 0.394 e. The Kier molecular flexibility index (Phi) is 4.59. The number of carbonyl (C=O) groups is 1. The summed E-state index contributed by atoms with van der Waals surface area (Å²) in [6, 6.07) is -1.01. The first-order chi connectivity index (χ1) is 7.47. The number of primary amides is 1. The van der Waals surface area contributed by atoms with Gasteiger partial charge in [-0.05, 0) is 0 Å². The highest BCUT2D eigenvalue weighted by Crippen LogP contribution is 2.21. The molecule has 16 heavy (non-hydrogen) atoms. The molecule has 0 saturated carbocycles. The molecule has 0 aromatic heterocycles. The van der Waals surface area contributed by atoms with E-state index in [0.29, 0.717) is 0 Å². The third kappa shape index (κ3) is 2.88. The van der Waals surface area contributed by atoms with Gasteiger partial charge in [-0.25, -0.2) is 0 Å². The second-order valence-corrected chi connectivity index (χ2v) is 3.55. The normalized spacial score (nSPS) is 36.2. The van der Waals surface area contributed by atoms with Gasteiger partial charge in [0.25, 0.3) is 0 Å². The summed E-state index contributed by atoms with van der Waals surface area (Å²) in [5.41, 5.74) is 10.2. The molecule has 0 radical (unpaired) electrons. The van der Waals surface area contributed by atoms with Gasteiger partial charge in [0.1, 0.15) is 24.4 Å². The number of hydrogen-bond acceptors (Lipinski definition) is 7. The molecular formula is C8H16N2O6. The molecule has 1 saturated heterocycles. The van der Waals surface area contributed by atoms with E-state index >= 15 is 0 Å². The third-order valence-corrected chi connectivity index (χ3v) is 2.30. The van der Waals surface area contributed by atoms with Crippen molar-refractivity contribution in [3.05, 3.63) is 0 Å². The Morgan fingerprint density at radius 1 is 1.44 bits per heavy atom. The first kappa shape index (κ1) is 13.3. The molecule has 1 fully saturated rings. The Morgan fingerprint density at radius 3 is 2.50 bits per heavy atom. The zero-order valence-corrected chi connectivity index (χ0v) is 8.52. The fraction of sp³-hybridized carbons (Fsp3) is 0.875. The Morgan fingerprint density at radius 2 is 2.06 bits per heavy atom. The highest BCUT2D eigenvalue weighted by atomic mass is 16.7. The number of hydrogen-bond donors (Lipinski definition) is 5. The van der Waals surface area contributed by atoms with Gasteiger partial charge in [-0.15, -0.1) is 0 Å². The van der Waals surface area contributed by atoms with E-state index in [1.807, 2.05) is 0 Å². The van der Waals surface area contributed by atoms with Gasteiger partial charge in [0.15, 0.2) is 6.29 Å². The summed E-state index contributed by atoms with van der Waals surface area (Å²) >= 11 is 0. The van der Waals surface area contributed by atoms with E-state index in [9.17, 15) is 15.0 Å². The van der Waals surface area contributed by atoms with E-state index in [4.69, 9.17) is 26.0 Å². The third-order valence-electron chi connectivity index (χ3n) is 2.30. The molecule has 0 spiro atoms. The molecule has 0 unspecified atom stereocenters. The topological polar surface area (TPSA) is 148 Å². The fourth-order valence-corrected chi connectivity index (χ4v) is 1.28. The van der Waals surface area contributed by atoms with Crippen LogP contribution < -0.4 is 11.5 Å². The summed E-state index contributed by atoms with van der Waals surface area (Å²) in [7, 11) is 0. The molecule has 1 heterocycles. The molecule has 8 heteroatoms. The van der Waals surface area contributed by atoms with Crippen molar-refractivity contribution >= 4 is 5.91 Å². The average molecular weight is 236 g/mol. The van der Waals surface area contributed by atoms with Crippen molar-refractivity contribution in [3.8, 4) is 0 Å². The van der Waals surface area contributed by atoms with E-state index in [1.54, 1.807) is 0 Å². The monoisotopic (exact) mass is 236 g/mol. The summed E-state index contributed by atoms with van der Waals surface area (Å²) in [4.78, 5) is 10.6. The second-order valence-electron chi connectivity index (χ2n) is 3.55. The number of aliphatic hydroxyl groups excluding tert-OH is 3. The molecule has 0 aliphatic carbocycles. The zero-order valence-electron chi connectivity index (χ0n) is 8.52. The van der Waals surface area contributed by atoms with Crippen LogP contribution in [0.25, 0.3) is 0 Å². The van der Waals surface area contributed by atoms with Crippen LogP contribution in [0.5, 0.6) is 0 Å². The lowest BCUT2D eigenvalue weighted by molar-refractivity contribution is -0.172. The molecule has 8 nitrogen and oxygen atoms in total. The Labute approximate surface area is 91.7 Å². The minimum absolute atomic E-state index is 0.234. The summed E-state index contributed by atoms with van der Waals surface area (Å²) in [5.74, 6) is -0.744. The van der Waals surface area contributed by atoms with Gasteiger partial charge < -0.3 is 36.3 Å². The lowest BCUT2D eigenvalue weighted by Crippen LogP contribution is -2.43. The first-order valence-electron chi connectivity index (χ1n) is 4.76. The number of aliphatic hydroxyl groups is 3. The Balaban J connectivity index is 2.41. The molecular weight excluding hydrogens is 220 g/mol. The molecule has 94 valence electrons. The maximum atomic E-state index is 10.6. The van der Waals surface area contributed by atoms with Gasteiger partial charge in [-0.2, -0.15) is 0 Å². The van der Waals surface area contributed by atoms with Gasteiger partial charge in [0.05, 0.1) is 13.2 Å². The quantitative estimate of drug-likeness (QED) is 0.329. The summed E-state index contributed by atoms with van der Waals surface area (Å²) in [6.45, 7) is -0.679. The lowest BCUT2D eigenvalue weighted by atomic mass is 10.1. The molecule has 7 N–H and O–H groups in total. The van der Waals surface area contributed by atoms with Crippen molar-refractivity contribution in [3.63, 3.8) is 0 Å². The van der Waals surface area contributed by atoms with Crippen LogP contribution in [0.1, 0.15) is 0 Å². The molecule has 0 bridgehead atoms. The minimum Gasteiger partial charge on any atom is -0.394 e. The van der Waals surface area contributed by atoms with Gasteiger partial charge in [0, 0.05) is 0 Å². The van der Waals surface area contributed by atoms with Crippen molar-refractivity contribution in [1.82, 2.24) is 0 Å². The van der Waals surface area contributed by atoms with Crippen LogP contribution in [-0.4, -0.2) is 65.1 Å². The average Bonchev–Trinajstić information content (AvgIpc) is 2.52. The SMILES string of the molecule is NC(=O)[C@@H](N)CO[C@@H]1O[C@H](CO)[C@H](O)[C@H]1O. The van der Waals surface area contributed by atoms with Crippen LogP contribution in [0.2, 0.25) is 0 Å². The van der Waals surface area contributed by atoms with Crippen LogP contribution in [-0.2, 0) is 14.3 Å². The summed E-state index contributed by atoms with van der Waals surface area (Å²) < 4.78 is 9.96. The maximum Gasteiger partial charge on any atom is 0.236 e. The number of carbonyl (C=O) groups excluding carboxylic acids is 1. The highest BCUT2D eigenvalue weighted by molar-refractivity contribution is 5.79. The molecule has 1 amide bonds.